The van der Waals surface area contributed by atoms with Gasteiger partial charge in [0.25, 0.3) is 5.91 Å². The number of carbonyl (C=O) groups excluding carboxylic acids is 2. The maximum absolute atomic E-state index is 12.4. The van der Waals surface area contributed by atoms with Crippen LogP contribution in [0.15, 0.2) is 42.5 Å². The predicted molar refractivity (Wildman–Crippen MR) is 116 cm³/mol. The molecule has 2 rings (SSSR count). The van der Waals surface area contributed by atoms with Gasteiger partial charge in [0.15, 0.2) is 6.10 Å². The van der Waals surface area contributed by atoms with Crippen molar-refractivity contribution in [2.75, 3.05) is 11.9 Å². The minimum Gasteiger partial charge on any atom is -0.494 e. The van der Waals surface area contributed by atoms with Gasteiger partial charge in [0.05, 0.1) is 12.2 Å². The Morgan fingerprint density at radius 2 is 1.72 bits per heavy atom. The normalized spacial score (nSPS) is 11.6. The largest absolute Gasteiger partial charge is 0.494 e. The van der Waals surface area contributed by atoms with Gasteiger partial charge in [-0.05, 0) is 63.1 Å². The molecule has 0 radical (unpaired) electrons. The molecule has 0 bridgehead atoms. The van der Waals surface area contributed by atoms with E-state index in [9.17, 15) is 9.59 Å². The summed E-state index contributed by atoms with van der Waals surface area (Å²) in [5.41, 5.74) is 3.17. The summed E-state index contributed by atoms with van der Waals surface area (Å²) in [5.74, 6) is -0.182. The molecule has 0 saturated heterocycles. The predicted octanol–water partition coefficient (Wildman–Crippen LogP) is 5.45. The lowest BCUT2D eigenvalue weighted by molar-refractivity contribution is -0.123. The fraction of sp³-hybridized carbons (Fsp3) is 0.417. The standard InChI is InChI=1S/C24H31NO4/c1-5-6-7-8-15-28-21-12-10-20(11-13-21)24(27)29-19(4)23(26)25-22-14-9-17(2)16-18(22)3/h9-14,16,19H,5-8,15H2,1-4H3,(H,25,26)/t19-/m0/s1. The molecule has 0 aromatic heterocycles. The highest BCUT2D eigenvalue weighted by Gasteiger charge is 2.19. The number of esters is 1. The molecule has 29 heavy (non-hydrogen) atoms. The van der Waals surface area contributed by atoms with E-state index in [0.717, 1.165) is 29.7 Å². The van der Waals surface area contributed by atoms with E-state index in [4.69, 9.17) is 9.47 Å². The number of hydrogen-bond acceptors (Lipinski definition) is 4. The maximum atomic E-state index is 12.4. The van der Waals surface area contributed by atoms with E-state index in [0.29, 0.717) is 17.9 Å². The van der Waals surface area contributed by atoms with Crippen molar-refractivity contribution < 1.29 is 19.1 Å². The number of benzene rings is 2. The van der Waals surface area contributed by atoms with Crippen molar-refractivity contribution in [3.8, 4) is 5.75 Å². The first-order valence-electron chi connectivity index (χ1n) is 10.2. The molecule has 0 saturated carbocycles. The Hall–Kier alpha value is -2.82. The van der Waals surface area contributed by atoms with Gasteiger partial charge in [0.2, 0.25) is 0 Å². The third kappa shape index (κ3) is 7.26. The fourth-order valence-electron chi connectivity index (χ4n) is 2.88. The molecule has 1 N–H and O–H groups in total. The Kier molecular flexibility index (Phi) is 8.71. The first-order chi connectivity index (χ1) is 13.9. The van der Waals surface area contributed by atoms with Crippen molar-refractivity contribution in [1.82, 2.24) is 0 Å². The summed E-state index contributed by atoms with van der Waals surface area (Å²) < 4.78 is 11.0. The summed E-state index contributed by atoms with van der Waals surface area (Å²) in [4.78, 5) is 24.7. The second kappa shape index (κ2) is 11.2. The van der Waals surface area contributed by atoms with E-state index in [1.165, 1.54) is 12.8 Å². The topological polar surface area (TPSA) is 64.6 Å². The van der Waals surface area contributed by atoms with Gasteiger partial charge in [0.1, 0.15) is 5.75 Å². The summed E-state index contributed by atoms with van der Waals surface area (Å²) in [6.45, 7) is 8.31. The van der Waals surface area contributed by atoms with Gasteiger partial charge >= 0.3 is 5.97 Å². The van der Waals surface area contributed by atoms with Crippen molar-refractivity contribution in [3.05, 3.63) is 59.2 Å². The highest BCUT2D eigenvalue weighted by molar-refractivity contribution is 5.97. The molecule has 2 aromatic carbocycles. The van der Waals surface area contributed by atoms with Crippen LogP contribution in [-0.2, 0) is 9.53 Å². The van der Waals surface area contributed by atoms with Gasteiger partial charge in [-0.1, -0.05) is 43.9 Å². The average molecular weight is 398 g/mol. The number of nitrogens with one attached hydrogen (secondary N) is 1. The van der Waals surface area contributed by atoms with E-state index in [1.54, 1.807) is 31.2 Å². The van der Waals surface area contributed by atoms with Crippen molar-refractivity contribution >= 4 is 17.6 Å². The molecule has 0 aliphatic rings. The highest BCUT2D eigenvalue weighted by Crippen LogP contribution is 2.17. The van der Waals surface area contributed by atoms with E-state index >= 15 is 0 Å². The van der Waals surface area contributed by atoms with Crippen LogP contribution in [0.3, 0.4) is 0 Å². The van der Waals surface area contributed by atoms with E-state index < -0.39 is 12.1 Å². The second-order valence-electron chi connectivity index (χ2n) is 7.29. The molecule has 2 aromatic rings. The number of unbranched alkanes of at least 4 members (excludes halogenated alkanes) is 3. The molecular weight excluding hydrogens is 366 g/mol. The molecule has 5 heteroatoms. The van der Waals surface area contributed by atoms with Crippen LogP contribution >= 0.6 is 0 Å². The Labute approximate surface area is 173 Å². The van der Waals surface area contributed by atoms with Crippen molar-refractivity contribution in [2.45, 2.75) is 59.5 Å². The SMILES string of the molecule is CCCCCCOc1ccc(C(=O)O[C@@H](C)C(=O)Nc2ccc(C)cc2C)cc1. The van der Waals surface area contributed by atoms with Crippen molar-refractivity contribution in [2.24, 2.45) is 0 Å². The van der Waals surface area contributed by atoms with Crippen LogP contribution in [0.2, 0.25) is 0 Å². The van der Waals surface area contributed by atoms with Crippen LogP contribution in [0, 0.1) is 13.8 Å². The summed E-state index contributed by atoms with van der Waals surface area (Å²) >= 11 is 0. The zero-order chi connectivity index (χ0) is 21.2. The van der Waals surface area contributed by atoms with Gasteiger partial charge in [-0.15, -0.1) is 0 Å². The zero-order valence-corrected chi connectivity index (χ0v) is 17.8. The van der Waals surface area contributed by atoms with Crippen LogP contribution in [-0.4, -0.2) is 24.6 Å². The molecule has 1 amide bonds. The lowest BCUT2D eigenvalue weighted by Gasteiger charge is -2.15. The molecule has 0 aliphatic heterocycles. The van der Waals surface area contributed by atoms with E-state index in [1.807, 2.05) is 32.0 Å². The summed E-state index contributed by atoms with van der Waals surface area (Å²) in [6.07, 6.45) is 3.67. The minimum absolute atomic E-state index is 0.364. The number of rotatable bonds is 10. The molecular formula is C24H31NO4. The van der Waals surface area contributed by atoms with E-state index in [2.05, 4.69) is 12.2 Å². The summed E-state index contributed by atoms with van der Waals surface area (Å²) in [7, 11) is 0. The first-order valence-corrected chi connectivity index (χ1v) is 10.2. The third-order valence-corrected chi connectivity index (χ3v) is 4.65. The van der Waals surface area contributed by atoms with Gasteiger partial charge in [-0.2, -0.15) is 0 Å². The number of hydrogen-bond donors (Lipinski definition) is 1. The Morgan fingerprint density at radius 1 is 1.00 bits per heavy atom. The molecule has 0 heterocycles. The molecule has 0 aliphatic carbocycles. The van der Waals surface area contributed by atoms with Crippen LogP contribution in [0.25, 0.3) is 0 Å². The molecule has 156 valence electrons. The monoisotopic (exact) mass is 397 g/mol. The van der Waals surface area contributed by atoms with Gasteiger partial charge in [0, 0.05) is 5.69 Å². The van der Waals surface area contributed by atoms with Crippen LogP contribution in [0.5, 0.6) is 5.75 Å². The summed E-state index contributed by atoms with van der Waals surface area (Å²) in [6, 6.07) is 12.6. The Morgan fingerprint density at radius 3 is 2.38 bits per heavy atom. The highest BCUT2D eigenvalue weighted by atomic mass is 16.5. The number of amides is 1. The number of carbonyl (C=O) groups is 2. The van der Waals surface area contributed by atoms with Gasteiger partial charge in [-0.3, -0.25) is 4.79 Å². The lowest BCUT2D eigenvalue weighted by Crippen LogP contribution is -2.30. The Bertz CT molecular complexity index is 814. The van der Waals surface area contributed by atoms with Crippen LogP contribution in [0.1, 0.15) is 61.0 Å². The lowest BCUT2D eigenvalue weighted by atomic mass is 10.1. The van der Waals surface area contributed by atoms with Gasteiger partial charge in [-0.25, -0.2) is 4.79 Å². The van der Waals surface area contributed by atoms with Crippen LogP contribution in [0.4, 0.5) is 5.69 Å². The maximum Gasteiger partial charge on any atom is 0.338 e. The van der Waals surface area contributed by atoms with Gasteiger partial charge < -0.3 is 14.8 Å². The molecule has 5 nitrogen and oxygen atoms in total. The number of aryl methyl sites for hydroxylation is 2. The van der Waals surface area contributed by atoms with Crippen molar-refractivity contribution in [3.63, 3.8) is 0 Å². The van der Waals surface area contributed by atoms with Crippen LogP contribution < -0.4 is 10.1 Å². The smallest absolute Gasteiger partial charge is 0.338 e. The quantitative estimate of drug-likeness (QED) is 0.428. The minimum atomic E-state index is -0.905. The molecule has 0 spiro atoms. The average Bonchev–Trinajstić information content (AvgIpc) is 2.70. The Balaban J connectivity index is 1.84. The fourth-order valence-corrected chi connectivity index (χ4v) is 2.88. The molecule has 0 unspecified atom stereocenters. The zero-order valence-electron chi connectivity index (χ0n) is 17.8. The van der Waals surface area contributed by atoms with E-state index in [-0.39, 0.29) is 5.91 Å². The third-order valence-electron chi connectivity index (χ3n) is 4.65. The second-order valence-corrected chi connectivity index (χ2v) is 7.29. The molecule has 1 atom stereocenters. The first kappa shape index (κ1) is 22.5. The number of ether oxygens (including phenoxy) is 2. The van der Waals surface area contributed by atoms with Crippen molar-refractivity contribution in [1.29, 1.82) is 0 Å². The molecule has 0 fully saturated rings. The summed E-state index contributed by atoms with van der Waals surface area (Å²) in [5, 5.41) is 2.80. The number of anilines is 1.